The van der Waals surface area contributed by atoms with Crippen molar-refractivity contribution in [2.24, 2.45) is 0 Å². The summed E-state index contributed by atoms with van der Waals surface area (Å²) in [5, 5.41) is 1.32. The minimum absolute atomic E-state index is 0.0904. The van der Waals surface area contributed by atoms with Crippen LogP contribution in [-0.2, 0) is 4.79 Å². The first kappa shape index (κ1) is 21.4. The molecule has 1 fully saturated rings. The molecule has 168 valence electrons. The number of benzene rings is 2. The van der Waals surface area contributed by atoms with Crippen LogP contribution in [0.3, 0.4) is 0 Å². The lowest BCUT2D eigenvalue weighted by atomic mass is 9.99. The van der Waals surface area contributed by atoms with Crippen LogP contribution in [0.15, 0.2) is 37.2 Å². The zero-order valence-electron chi connectivity index (χ0n) is 17.4. The molecule has 0 atom stereocenters. The largest absolute Gasteiger partial charge is 0.396 e. The van der Waals surface area contributed by atoms with Crippen LogP contribution in [0.1, 0.15) is 0 Å². The Balaban J connectivity index is 1.61. The molecular weight excluding hydrogens is 465 g/mol. The van der Waals surface area contributed by atoms with Crippen molar-refractivity contribution in [3.8, 4) is 11.1 Å². The van der Waals surface area contributed by atoms with Gasteiger partial charge < -0.3 is 21.3 Å². The van der Waals surface area contributed by atoms with Crippen molar-refractivity contribution in [3.05, 3.63) is 48.0 Å². The van der Waals surface area contributed by atoms with Crippen LogP contribution in [-0.4, -0.2) is 51.9 Å². The van der Waals surface area contributed by atoms with Crippen molar-refractivity contribution in [1.29, 1.82) is 0 Å². The Hall–Kier alpha value is -3.50. The topological polar surface area (TPSA) is 114 Å². The second-order valence-electron chi connectivity index (χ2n) is 7.58. The van der Waals surface area contributed by atoms with Crippen molar-refractivity contribution >= 4 is 66.6 Å². The van der Waals surface area contributed by atoms with Gasteiger partial charge in [-0.3, -0.25) is 4.79 Å². The highest BCUT2D eigenvalue weighted by Gasteiger charge is 2.24. The lowest BCUT2D eigenvalue weighted by Gasteiger charge is -2.35. The molecule has 4 N–H and O–H groups in total. The van der Waals surface area contributed by atoms with E-state index < -0.39 is 5.82 Å². The average Bonchev–Trinajstić information content (AvgIpc) is 3.22. The van der Waals surface area contributed by atoms with E-state index in [9.17, 15) is 9.18 Å². The Kier molecular flexibility index (Phi) is 5.26. The smallest absolute Gasteiger partial charge is 0.246 e. The molecule has 0 aliphatic carbocycles. The summed E-state index contributed by atoms with van der Waals surface area (Å²) in [6.45, 7) is 5.85. The summed E-state index contributed by atoms with van der Waals surface area (Å²) in [6.07, 6.45) is 2.77. The van der Waals surface area contributed by atoms with Crippen molar-refractivity contribution < 1.29 is 9.18 Å². The highest BCUT2D eigenvalue weighted by Crippen LogP contribution is 2.44. The lowest BCUT2D eigenvalue weighted by molar-refractivity contribution is -0.126. The first-order chi connectivity index (χ1) is 15.9. The summed E-state index contributed by atoms with van der Waals surface area (Å²) in [6, 6.07) is 4.72. The molecule has 0 bridgehead atoms. The molecule has 0 radical (unpaired) electrons. The summed E-state index contributed by atoms with van der Waals surface area (Å²) in [4.78, 5) is 28.9. The fraction of sp³-hybridized carbons (Fsp3) is 0.182. The number of hydrogen-bond acceptors (Lipinski definition) is 8. The van der Waals surface area contributed by atoms with E-state index in [-0.39, 0.29) is 11.0 Å². The first-order valence-electron chi connectivity index (χ1n) is 10.1. The van der Waals surface area contributed by atoms with Crippen LogP contribution in [0, 0.1) is 5.82 Å². The first-order valence-corrected chi connectivity index (χ1v) is 11.3. The molecule has 2 aromatic carbocycles. The Morgan fingerprint density at radius 3 is 2.67 bits per heavy atom. The van der Waals surface area contributed by atoms with E-state index in [1.54, 1.807) is 17.0 Å². The average molecular weight is 484 g/mol. The van der Waals surface area contributed by atoms with E-state index in [2.05, 4.69) is 26.4 Å². The van der Waals surface area contributed by atoms with E-state index in [0.29, 0.717) is 75.0 Å². The molecule has 0 unspecified atom stereocenters. The molecule has 3 heterocycles. The normalized spacial score (nSPS) is 14.2. The highest BCUT2D eigenvalue weighted by molar-refractivity contribution is 7.22. The van der Waals surface area contributed by atoms with Crippen LogP contribution in [0.4, 0.5) is 21.0 Å². The summed E-state index contributed by atoms with van der Waals surface area (Å²) < 4.78 is 14.6. The number of anilines is 3. The van der Waals surface area contributed by atoms with E-state index in [1.165, 1.54) is 18.5 Å². The van der Waals surface area contributed by atoms with Crippen LogP contribution >= 0.6 is 22.9 Å². The van der Waals surface area contributed by atoms with Gasteiger partial charge in [0.2, 0.25) is 5.91 Å². The van der Waals surface area contributed by atoms with Crippen molar-refractivity contribution in [2.75, 3.05) is 42.5 Å². The summed E-state index contributed by atoms with van der Waals surface area (Å²) in [5.74, 6) is 0.192. The molecular formula is C22H19ClFN7OS. The number of hydrogen-bond donors (Lipinski definition) is 2. The highest BCUT2D eigenvalue weighted by atomic mass is 35.5. The second-order valence-corrected chi connectivity index (χ2v) is 9.02. The molecule has 5 rings (SSSR count). The molecule has 1 aliphatic heterocycles. The number of thiazole rings is 1. The van der Waals surface area contributed by atoms with Crippen LogP contribution < -0.4 is 16.4 Å². The molecule has 2 aromatic heterocycles. The van der Waals surface area contributed by atoms with Crippen LogP contribution in [0.2, 0.25) is 5.02 Å². The zero-order valence-corrected chi connectivity index (χ0v) is 19.0. The summed E-state index contributed by atoms with van der Waals surface area (Å²) in [7, 11) is 0. The number of piperazine rings is 1. The predicted molar refractivity (Wildman–Crippen MR) is 131 cm³/mol. The minimum atomic E-state index is -0.405. The molecule has 4 aromatic rings. The van der Waals surface area contributed by atoms with Gasteiger partial charge in [0.05, 0.1) is 26.4 Å². The maximum absolute atomic E-state index is 14.3. The number of carbonyl (C=O) groups is 1. The molecule has 11 heteroatoms. The third kappa shape index (κ3) is 3.51. The number of carbonyl (C=O) groups excluding carboxylic acids is 1. The second kappa shape index (κ2) is 8.13. The van der Waals surface area contributed by atoms with Gasteiger partial charge in [-0.25, -0.2) is 19.3 Å². The zero-order chi connectivity index (χ0) is 23.3. The quantitative estimate of drug-likeness (QED) is 0.337. The monoisotopic (exact) mass is 483 g/mol. The number of halogens is 2. The van der Waals surface area contributed by atoms with Crippen molar-refractivity contribution in [3.63, 3.8) is 0 Å². The number of nitrogen functional groups attached to an aromatic ring is 2. The third-order valence-electron chi connectivity index (χ3n) is 5.74. The maximum atomic E-state index is 14.3. The van der Waals surface area contributed by atoms with E-state index in [1.807, 2.05) is 0 Å². The molecule has 8 nitrogen and oxygen atoms in total. The van der Waals surface area contributed by atoms with Crippen LogP contribution in [0.25, 0.3) is 32.2 Å². The number of nitrogens with two attached hydrogens (primary N) is 2. The van der Waals surface area contributed by atoms with E-state index in [4.69, 9.17) is 23.1 Å². The number of aromatic nitrogens is 3. The van der Waals surface area contributed by atoms with Gasteiger partial charge in [0.25, 0.3) is 0 Å². The molecule has 0 spiro atoms. The Morgan fingerprint density at radius 1 is 1.18 bits per heavy atom. The van der Waals surface area contributed by atoms with Gasteiger partial charge in [-0.2, -0.15) is 0 Å². The Labute approximate surface area is 197 Å². The van der Waals surface area contributed by atoms with Gasteiger partial charge in [-0.1, -0.05) is 29.5 Å². The SMILES string of the molecule is C=CC(=O)N1CCN(c2ncnc3c(N)c(-c4ccc(F)c5sc(N)nc45)c(Cl)cc23)CC1. The minimum Gasteiger partial charge on any atom is -0.396 e. The molecule has 33 heavy (non-hydrogen) atoms. The van der Waals surface area contributed by atoms with Gasteiger partial charge >= 0.3 is 0 Å². The number of amides is 1. The summed E-state index contributed by atoms with van der Waals surface area (Å²) >= 11 is 7.79. The molecule has 1 saturated heterocycles. The number of nitrogens with zero attached hydrogens (tertiary/aromatic N) is 5. The van der Waals surface area contributed by atoms with Crippen LogP contribution in [0.5, 0.6) is 0 Å². The lowest BCUT2D eigenvalue weighted by Crippen LogP contribution is -2.48. The third-order valence-corrected chi connectivity index (χ3v) is 6.94. The standard InChI is InChI=1S/C22H19ClFN7OS/c1-2-15(32)30-5-7-31(8-6-30)21-12-9-13(23)16(17(25)18(12)27-10-28-21)11-3-4-14(24)20-19(11)29-22(26)33-20/h2-4,9-10H,1,5-8,25H2,(H2,26,29). The maximum Gasteiger partial charge on any atom is 0.246 e. The van der Waals surface area contributed by atoms with Crippen molar-refractivity contribution in [1.82, 2.24) is 19.9 Å². The molecule has 1 amide bonds. The summed E-state index contributed by atoms with van der Waals surface area (Å²) in [5.41, 5.74) is 14.8. The number of rotatable bonds is 3. The Bertz CT molecular complexity index is 1430. The van der Waals surface area contributed by atoms with Crippen molar-refractivity contribution in [2.45, 2.75) is 0 Å². The fourth-order valence-corrected chi connectivity index (χ4v) is 5.24. The predicted octanol–water partition coefficient (Wildman–Crippen LogP) is 3.70. The van der Waals surface area contributed by atoms with Gasteiger partial charge in [0.1, 0.15) is 18.0 Å². The number of fused-ring (bicyclic) bond motifs is 2. The molecule has 0 saturated carbocycles. The van der Waals surface area contributed by atoms with Gasteiger partial charge in [0, 0.05) is 42.7 Å². The van der Waals surface area contributed by atoms with Gasteiger partial charge in [0.15, 0.2) is 5.13 Å². The fourth-order valence-electron chi connectivity index (χ4n) is 4.17. The Morgan fingerprint density at radius 2 is 1.94 bits per heavy atom. The van der Waals surface area contributed by atoms with Gasteiger partial charge in [-0.05, 0) is 24.3 Å². The van der Waals surface area contributed by atoms with Gasteiger partial charge in [-0.15, -0.1) is 0 Å². The molecule has 1 aliphatic rings. The van der Waals surface area contributed by atoms with E-state index >= 15 is 0 Å². The van der Waals surface area contributed by atoms with E-state index in [0.717, 1.165) is 11.3 Å².